The summed E-state index contributed by atoms with van der Waals surface area (Å²) >= 11 is 0. The first-order chi connectivity index (χ1) is 14.2. The number of hydrogen-bond acceptors (Lipinski definition) is 4. The van der Waals surface area contributed by atoms with E-state index >= 15 is 0 Å². The van der Waals surface area contributed by atoms with Crippen molar-refractivity contribution in [3.63, 3.8) is 0 Å². The SMILES string of the molecule is CC(=O)Nc1cc(-c2ccc(C)cc2)nn([C@H](C)C(=O)Nc2ccc(F)cc2)c1=O. The summed E-state index contributed by atoms with van der Waals surface area (Å²) < 4.78 is 14.1. The summed E-state index contributed by atoms with van der Waals surface area (Å²) in [6, 6.07) is 13.2. The minimum Gasteiger partial charge on any atom is -0.324 e. The van der Waals surface area contributed by atoms with Crippen molar-refractivity contribution < 1.29 is 14.0 Å². The molecule has 3 rings (SSSR count). The smallest absolute Gasteiger partial charge is 0.291 e. The first-order valence-corrected chi connectivity index (χ1v) is 9.29. The maximum absolute atomic E-state index is 13.1. The van der Waals surface area contributed by atoms with Crippen LogP contribution in [0, 0.1) is 12.7 Å². The molecule has 8 heteroatoms. The van der Waals surface area contributed by atoms with Crippen molar-refractivity contribution in [3.8, 4) is 11.3 Å². The van der Waals surface area contributed by atoms with Gasteiger partial charge in [-0.25, -0.2) is 9.07 Å². The number of hydrogen-bond donors (Lipinski definition) is 2. The molecule has 2 N–H and O–H groups in total. The van der Waals surface area contributed by atoms with Crippen molar-refractivity contribution in [1.82, 2.24) is 9.78 Å². The molecular weight excluding hydrogens is 387 g/mol. The molecule has 3 aromatic rings. The van der Waals surface area contributed by atoms with E-state index in [0.717, 1.165) is 15.8 Å². The van der Waals surface area contributed by atoms with E-state index in [2.05, 4.69) is 15.7 Å². The van der Waals surface area contributed by atoms with Crippen LogP contribution in [0.15, 0.2) is 59.4 Å². The minimum absolute atomic E-state index is 0.0227. The third kappa shape index (κ3) is 4.78. The minimum atomic E-state index is -0.986. The molecule has 0 saturated carbocycles. The van der Waals surface area contributed by atoms with Crippen molar-refractivity contribution in [2.24, 2.45) is 0 Å². The highest BCUT2D eigenvalue weighted by Gasteiger charge is 2.21. The fourth-order valence-electron chi connectivity index (χ4n) is 2.81. The Morgan fingerprint density at radius 2 is 1.67 bits per heavy atom. The molecule has 0 fully saturated rings. The van der Waals surface area contributed by atoms with E-state index in [1.807, 2.05) is 31.2 Å². The summed E-state index contributed by atoms with van der Waals surface area (Å²) in [5.41, 5.74) is 2.02. The van der Waals surface area contributed by atoms with Crippen LogP contribution in [0.2, 0.25) is 0 Å². The standard InChI is InChI=1S/C22H21FN4O3/c1-13-4-6-16(7-5-13)19-12-20(24-15(3)28)22(30)27(26-19)14(2)21(29)25-18-10-8-17(23)9-11-18/h4-12,14H,1-3H3,(H,24,28)(H,25,29)/t14-/m1/s1. The van der Waals surface area contributed by atoms with Gasteiger partial charge >= 0.3 is 0 Å². The molecule has 0 radical (unpaired) electrons. The van der Waals surface area contributed by atoms with Crippen LogP contribution in [-0.2, 0) is 9.59 Å². The van der Waals surface area contributed by atoms with Gasteiger partial charge < -0.3 is 10.6 Å². The van der Waals surface area contributed by atoms with Crippen molar-refractivity contribution in [1.29, 1.82) is 0 Å². The maximum atomic E-state index is 13.1. The summed E-state index contributed by atoms with van der Waals surface area (Å²) in [5, 5.41) is 9.48. The number of aromatic nitrogens is 2. The number of benzene rings is 2. The van der Waals surface area contributed by atoms with Crippen LogP contribution in [0.25, 0.3) is 11.3 Å². The molecule has 0 saturated heterocycles. The van der Waals surface area contributed by atoms with E-state index in [4.69, 9.17) is 0 Å². The molecule has 1 aromatic heterocycles. The second-order valence-corrected chi connectivity index (χ2v) is 6.91. The number of nitrogens with zero attached hydrogens (tertiary/aromatic N) is 2. The average Bonchev–Trinajstić information content (AvgIpc) is 2.71. The third-order valence-corrected chi connectivity index (χ3v) is 4.45. The van der Waals surface area contributed by atoms with Gasteiger partial charge in [-0.2, -0.15) is 5.10 Å². The van der Waals surface area contributed by atoms with Gasteiger partial charge in [0.05, 0.1) is 5.69 Å². The van der Waals surface area contributed by atoms with Gasteiger partial charge in [-0.05, 0) is 44.2 Å². The Morgan fingerprint density at radius 1 is 1.03 bits per heavy atom. The first kappa shape index (κ1) is 20.9. The van der Waals surface area contributed by atoms with Crippen molar-refractivity contribution in [2.75, 3.05) is 10.6 Å². The second kappa shape index (κ2) is 8.69. The topological polar surface area (TPSA) is 93.1 Å². The molecule has 0 unspecified atom stereocenters. The zero-order chi connectivity index (χ0) is 21.8. The lowest BCUT2D eigenvalue weighted by atomic mass is 10.1. The number of nitrogens with one attached hydrogen (secondary N) is 2. The molecule has 30 heavy (non-hydrogen) atoms. The lowest BCUT2D eigenvalue weighted by Gasteiger charge is -2.17. The van der Waals surface area contributed by atoms with Crippen molar-refractivity contribution in [3.05, 3.63) is 76.3 Å². The number of carbonyl (C=O) groups excluding carboxylic acids is 2. The van der Waals surface area contributed by atoms with Crippen molar-refractivity contribution in [2.45, 2.75) is 26.8 Å². The van der Waals surface area contributed by atoms with Gasteiger partial charge in [0.1, 0.15) is 17.5 Å². The fraction of sp³-hybridized carbons (Fsp3) is 0.182. The van der Waals surface area contributed by atoms with Gasteiger partial charge in [-0.15, -0.1) is 0 Å². The molecule has 0 spiro atoms. The summed E-state index contributed by atoms with van der Waals surface area (Å²) in [6.07, 6.45) is 0. The number of amides is 2. The molecule has 0 aliphatic carbocycles. The summed E-state index contributed by atoms with van der Waals surface area (Å²) in [6.45, 7) is 4.76. The Kier molecular flexibility index (Phi) is 6.06. The second-order valence-electron chi connectivity index (χ2n) is 6.91. The Hall–Kier alpha value is -3.81. The predicted molar refractivity (Wildman–Crippen MR) is 113 cm³/mol. The maximum Gasteiger partial charge on any atom is 0.291 e. The van der Waals surface area contributed by atoms with E-state index in [1.165, 1.54) is 44.2 Å². The van der Waals surface area contributed by atoms with Crippen molar-refractivity contribution >= 4 is 23.2 Å². The quantitative estimate of drug-likeness (QED) is 0.676. The highest BCUT2D eigenvalue weighted by Crippen LogP contribution is 2.20. The van der Waals surface area contributed by atoms with Crippen LogP contribution in [0.5, 0.6) is 0 Å². The molecular formula is C22H21FN4O3. The number of rotatable bonds is 5. The van der Waals surface area contributed by atoms with E-state index in [9.17, 15) is 18.8 Å². The van der Waals surface area contributed by atoms with Crippen LogP contribution in [0.4, 0.5) is 15.8 Å². The van der Waals surface area contributed by atoms with Crippen LogP contribution in [0.3, 0.4) is 0 Å². The Labute approximate surface area is 172 Å². The highest BCUT2D eigenvalue weighted by molar-refractivity contribution is 5.93. The lowest BCUT2D eigenvalue weighted by Crippen LogP contribution is -2.35. The fourth-order valence-corrected chi connectivity index (χ4v) is 2.81. The number of carbonyl (C=O) groups is 2. The van der Waals surface area contributed by atoms with E-state index < -0.39 is 29.2 Å². The molecule has 154 valence electrons. The van der Waals surface area contributed by atoms with Crippen LogP contribution >= 0.6 is 0 Å². The normalized spacial score (nSPS) is 11.6. The molecule has 0 aliphatic heterocycles. The van der Waals surface area contributed by atoms with Crippen LogP contribution in [0.1, 0.15) is 25.5 Å². The first-order valence-electron chi connectivity index (χ1n) is 9.29. The Morgan fingerprint density at radius 3 is 2.27 bits per heavy atom. The van der Waals surface area contributed by atoms with Crippen LogP contribution < -0.4 is 16.2 Å². The summed E-state index contributed by atoms with van der Waals surface area (Å²) in [5.74, 6) is -1.35. The van der Waals surface area contributed by atoms with Gasteiger partial charge in [0.15, 0.2) is 0 Å². The average molecular weight is 408 g/mol. The van der Waals surface area contributed by atoms with Crippen LogP contribution in [-0.4, -0.2) is 21.6 Å². The zero-order valence-corrected chi connectivity index (χ0v) is 16.8. The summed E-state index contributed by atoms with van der Waals surface area (Å²) in [4.78, 5) is 37.1. The lowest BCUT2D eigenvalue weighted by molar-refractivity contribution is -0.119. The van der Waals surface area contributed by atoms with Gasteiger partial charge in [-0.1, -0.05) is 29.8 Å². The predicted octanol–water partition coefficient (Wildman–Crippen LogP) is 3.52. The Bertz CT molecular complexity index is 1140. The molecule has 2 amide bonds. The van der Waals surface area contributed by atoms with Gasteiger partial charge in [-0.3, -0.25) is 14.4 Å². The molecule has 7 nitrogen and oxygen atoms in total. The van der Waals surface area contributed by atoms with E-state index in [-0.39, 0.29) is 5.69 Å². The molecule has 2 aromatic carbocycles. The molecule has 1 atom stereocenters. The Balaban J connectivity index is 2.00. The van der Waals surface area contributed by atoms with Gasteiger partial charge in [0.2, 0.25) is 11.8 Å². The zero-order valence-electron chi connectivity index (χ0n) is 16.8. The molecule has 0 aliphatic rings. The monoisotopic (exact) mass is 408 g/mol. The van der Waals surface area contributed by atoms with Gasteiger partial charge in [0.25, 0.3) is 5.56 Å². The number of halogens is 1. The highest BCUT2D eigenvalue weighted by atomic mass is 19.1. The third-order valence-electron chi connectivity index (χ3n) is 4.45. The van der Waals surface area contributed by atoms with Gasteiger partial charge in [0, 0.05) is 18.2 Å². The summed E-state index contributed by atoms with van der Waals surface area (Å²) in [7, 11) is 0. The largest absolute Gasteiger partial charge is 0.324 e. The number of aryl methyl sites for hydroxylation is 1. The molecule has 1 heterocycles. The van der Waals surface area contributed by atoms with E-state index in [0.29, 0.717) is 11.4 Å². The van der Waals surface area contributed by atoms with E-state index in [1.54, 1.807) is 0 Å². The number of anilines is 2. The molecule has 0 bridgehead atoms.